The predicted molar refractivity (Wildman–Crippen MR) is 105 cm³/mol. The fourth-order valence-corrected chi connectivity index (χ4v) is 3.47. The quantitative estimate of drug-likeness (QED) is 0.554. The molecule has 28 heavy (non-hydrogen) atoms. The van der Waals surface area contributed by atoms with E-state index in [1.165, 1.54) is 12.1 Å². The molecule has 7 heteroatoms. The molecule has 3 heterocycles. The van der Waals surface area contributed by atoms with Crippen molar-refractivity contribution in [1.29, 1.82) is 0 Å². The minimum Gasteiger partial charge on any atom is -0.463 e. The summed E-state index contributed by atoms with van der Waals surface area (Å²) in [6.45, 7) is 6.97. The molecule has 144 valence electrons. The number of nitrogens with zero attached hydrogens (tertiary/aromatic N) is 3. The Morgan fingerprint density at radius 3 is 2.64 bits per heavy atom. The van der Waals surface area contributed by atoms with Gasteiger partial charge < -0.3 is 14.3 Å². The average Bonchev–Trinajstić information content (AvgIpc) is 3.34. The smallest absolute Gasteiger partial charge is 0.272 e. The largest absolute Gasteiger partial charge is 0.463 e. The Bertz CT molecular complexity index is 1150. The lowest BCUT2D eigenvalue weighted by Crippen LogP contribution is -2.18. The number of fused-ring (bicyclic) bond motifs is 1. The predicted octanol–water partition coefficient (Wildman–Crippen LogP) is 4.51. The van der Waals surface area contributed by atoms with Gasteiger partial charge in [-0.05, 0) is 38.5 Å². The Morgan fingerprint density at radius 1 is 1.21 bits per heavy atom. The molecule has 6 nitrogen and oxygen atoms in total. The van der Waals surface area contributed by atoms with E-state index in [1.807, 2.05) is 36.1 Å². The molecule has 0 fully saturated rings. The molecule has 0 saturated carbocycles. The van der Waals surface area contributed by atoms with Gasteiger partial charge in [-0.2, -0.15) is 5.10 Å². The van der Waals surface area contributed by atoms with Crippen molar-refractivity contribution in [2.24, 2.45) is 0 Å². The van der Waals surface area contributed by atoms with E-state index < -0.39 is 0 Å². The highest BCUT2D eigenvalue weighted by Crippen LogP contribution is 2.25. The molecule has 0 aliphatic carbocycles. The van der Waals surface area contributed by atoms with Gasteiger partial charge in [0.25, 0.3) is 5.91 Å². The van der Waals surface area contributed by atoms with Crippen molar-refractivity contribution in [3.8, 4) is 0 Å². The zero-order valence-corrected chi connectivity index (χ0v) is 16.0. The third kappa shape index (κ3) is 3.09. The number of carbonyl (C=O) groups excluding carboxylic acids is 1. The van der Waals surface area contributed by atoms with Crippen LogP contribution in [0.25, 0.3) is 11.1 Å². The lowest BCUT2D eigenvalue weighted by molar-refractivity contribution is 0.101. The molecule has 0 spiro atoms. The van der Waals surface area contributed by atoms with Crippen LogP contribution in [0.1, 0.15) is 34.4 Å². The first kappa shape index (κ1) is 18.0. The van der Waals surface area contributed by atoms with Crippen molar-refractivity contribution in [2.45, 2.75) is 33.9 Å². The monoisotopic (exact) mass is 380 g/mol. The Labute approximate surface area is 161 Å². The lowest BCUT2D eigenvalue weighted by atomic mass is 10.2. The molecule has 0 radical (unpaired) electrons. The van der Waals surface area contributed by atoms with Gasteiger partial charge in [-0.3, -0.25) is 9.48 Å². The van der Waals surface area contributed by atoms with Gasteiger partial charge in [0, 0.05) is 25.2 Å². The van der Waals surface area contributed by atoms with Gasteiger partial charge in [-0.25, -0.2) is 4.39 Å². The molecule has 0 atom stereocenters. The molecular formula is C21H21FN4O2. The third-order valence-corrected chi connectivity index (χ3v) is 4.93. The summed E-state index contributed by atoms with van der Waals surface area (Å²) in [7, 11) is 0. The van der Waals surface area contributed by atoms with E-state index in [9.17, 15) is 9.18 Å². The molecule has 0 saturated heterocycles. The number of anilines is 1. The summed E-state index contributed by atoms with van der Waals surface area (Å²) in [6, 6.07) is 9.80. The number of hydrogen-bond acceptors (Lipinski definition) is 3. The highest BCUT2D eigenvalue weighted by Gasteiger charge is 2.20. The summed E-state index contributed by atoms with van der Waals surface area (Å²) < 4.78 is 22.4. The Hall–Kier alpha value is -3.35. The number of aromatic nitrogens is 3. The lowest BCUT2D eigenvalue weighted by Gasteiger charge is -2.11. The number of carbonyl (C=O) groups is 1. The molecule has 4 rings (SSSR count). The summed E-state index contributed by atoms with van der Waals surface area (Å²) in [5.41, 5.74) is 5.21. The molecule has 0 aliphatic rings. The van der Waals surface area contributed by atoms with E-state index in [-0.39, 0.29) is 11.7 Å². The van der Waals surface area contributed by atoms with E-state index in [0.29, 0.717) is 17.8 Å². The van der Waals surface area contributed by atoms with Crippen LogP contribution in [-0.2, 0) is 13.1 Å². The van der Waals surface area contributed by atoms with Crippen molar-refractivity contribution in [2.75, 3.05) is 5.32 Å². The molecule has 0 unspecified atom stereocenters. The van der Waals surface area contributed by atoms with Crippen LogP contribution >= 0.6 is 0 Å². The first-order chi connectivity index (χ1) is 13.5. The van der Waals surface area contributed by atoms with Gasteiger partial charge in [0.1, 0.15) is 11.5 Å². The highest BCUT2D eigenvalue weighted by atomic mass is 19.1. The molecule has 1 N–H and O–H groups in total. The molecule has 0 bridgehead atoms. The summed E-state index contributed by atoms with van der Waals surface area (Å²) in [5.74, 6) is -0.531. The van der Waals surface area contributed by atoms with Crippen LogP contribution in [0.4, 0.5) is 10.1 Å². The SMILES string of the molecule is CCn1nc(C)c(NC(=O)c2cc3occc3n2Cc2ccc(F)cc2)c1C. The van der Waals surface area contributed by atoms with E-state index >= 15 is 0 Å². The highest BCUT2D eigenvalue weighted by molar-refractivity contribution is 6.06. The van der Waals surface area contributed by atoms with E-state index in [2.05, 4.69) is 10.4 Å². The summed E-state index contributed by atoms with van der Waals surface area (Å²) in [6.07, 6.45) is 1.59. The maximum Gasteiger partial charge on any atom is 0.272 e. The van der Waals surface area contributed by atoms with Crippen LogP contribution in [0.5, 0.6) is 0 Å². The van der Waals surface area contributed by atoms with Gasteiger partial charge in [-0.15, -0.1) is 0 Å². The molecule has 4 aromatic rings. The van der Waals surface area contributed by atoms with Crippen LogP contribution in [0.3, 0.4) is 0 Å². The normalized spacial score (nSPS) is 11.3. The summed E-state index contributed by atoms with van der Waals surface area (Å²) in [5, 5.41) is 7.44. The first-order valence-electron chi connectivity index (χ1n) is 9.14. The Morgan fingerprint density at radius 2 is 1.96 bits per heavy atom. The fourth-order valence-electron chi connectivity index (χ4n) is 3.47. The van der Waals surface area contributed by atoms with Crippen LogP contribution in [0, 0.1) is 19.7 Å². The van der Waals surface area contributed by atoms with Gasteiger partial charge in [0.15, 0.2) is 5.58 Å². The second-order valence-electron chi connectivity index (χ2n) is 6.73. The molecule has 0 aliphatic heterocycles. The van der Waals surface area contributed by atoms with Gasteiger partial charge in [-0.1, -0.05) is 12.1 Å². The summed E-state index contributed by atoms with van der Waals surface area (Å²) >= 11 is 0. The number of furan rings is 1. The Balaban J connectivity index is 1.70. The second kappa shape index (κ2) is 6.99. The van der Waals surface area contributed by atoms with E-state index in [4.69, 9.17) is 4.42 Å². The van der Waals surface area contributed by atoms with Crippen LogP contribution in [0.2, 0.25) is 0 Å². The number of hydrogen-bond donors (Lipinski definition) is 1. The minimum absolute atomic E-state index is 0.240. The number of halogens is 1. The van der Waals surface area contributed by atoms with Crippen molar-refractivity contribution in [1.82, 2.24) is 14.3 Å². The standard InChI is InChI=1S/C21H21FN4O2/c1-4-26-14(3)20(13(2)24-26)23-21(27)18-11-19-17(9-10-28-19)25(18)12-15-5-7-16(22)8-6-15/h5-11H,4,12H2,1-3H3,(H,23,27). The van der Waals surface area contributed by atoms with Crippen molar-refractivity contribution >= 4 is 22.7 Å². The van der Waals surface area contributed by atoms with Crippen LogP contribution < -0.4 is 5.32 Å². The Kier molecular flexibility index (Phi) is 4.50. The minimum atomic E-state index is -0.290. The first-order valence-corrected chi connectivity index (χ1v) is 9.14. The second-order valence-corrected chi connectivity index (χ2v) is 6.73. The van der Waals surface area contributed by atoms with E-state index in [0.717, 1.165) is 34.7 Å². The zero-order chi connectivity index (χ0) is 19.8. The maximum atomic E-state index is 13.2. The van der Waals surface area contributed by atoms with E-state index in [1.54, 1.807) is 24.5 Å². The van der Waals surface area contributed by atoms with Crippen LogP contribution in [0.15, 0.2) is 47.1 Å². The number of benzene rings is 1. The zero-order valence-electron chi connectivity index (χ0n) is 16.0. The number of rotatable bonds is 5. The fraction of sp³-hybridized carbons (Fsp3) is 0.238. The maximum absolute atomic E-state index is 13.2. The van der Waals surface area contributed by atoms with Crippen molar-refractivity contribution in [3.05, 3.63) is 71.1 Å². The summed E-state index contributed by atoms with van der Waals surface area (Å²) in [4.78, 5) is 13.1. The molecule has 3 aromatic heterocycles. The molecule has 1 aromatic carbocycles. The van der Waals surface area contributed by atoms with Crippen molar-refractivity contribution < 1.29 is 13.6 Å². The third-order valence-electron chi connectivity index (χ3n) is 4.93. The molecular weight excluding hydrogens is 359 g/mol. The van der Waals surface area contributed by atoms with Gasteiger partial charge in [0.2, 0.25) is 0 Å². The average molecular weight is 380 g/mol. The molecule has 1 amide bonds. The topological polar surface area (TPSA) is 65.0 Å². The van der Waals surface area contributed by atoms with Crippen LogP contribution in [-0.4, -0.2) is 20.3 Å². The number of amides is 1. The number of aryl methyl sites for hydroxylation is 2. The number of nitrogens with one attached hydrogen (secondary N) is 1. The van der Waals surface area contributed by atoms with Gasteiger partial charge in [0.05, 0.1) is 28.9 Å². The van der Waals surface area contributed by atoms with Gasteiger partial charge >= 0.3 is 0 Å². The van der Waals surface area contributed by atoms with Crippen molar-refractivity contribution in [3.63, 3.8) is 0 Å².